The number of hydrogen-bond donors (Lipinski definition) is 1. The average Bonchev–Trinajstić information content (AvgIpc) is 3.07. The smallest absolute Gasteiger partial charge is 0.256 e. The van der Waals surface area contributed by atoms with Crippen molar-refractivity contribution < 1.29 is 4.84 Å². The van der Waals surface area contributed by atoms with E-state index in [1.165, 1.54) is 5.17 Å². The maximum atomic E-state index is 5.81. The molecule has 1 aromatic rings. The number of hydroxylamine groups is 1. The number of aromatic nitrogens is 2. The van der Waals surface area contributed by atoms with Crippen LogP contribution in [0.3, 0.4) is 0 Å². The molecule has 1 fully saturated rings. The largest absolute Gasteiger partial charge is 0.383 e. The van der Waals surface area contributed by atoms with E-state index in [2.05, 4.69) is 21.8 Å². The molecule has 6 heteroatoms. The van der Waals surface area contributed by atoms with Crippen molar-refractivity contribution >= 4 is 12.5 Å². The summed E-state index contributed by atoms with van der Waals surface area (Å²) in [6.45, 7) is 5.17. The fourth-order valence-electron chi connectivity index (χ4n) is 1.30. The molecule has 0 atom stereocenters. The van der Waals surface area contributed by atoms with Gasteiger partial charge >= 0.3 is 0 Å². The van der Waals surface area contributed by atoms with Crippen LogP contribution < -0.4 is 10.6 Å². The first-order chi connectivity index (χ1) is 7.61. The quantitative estimate of drug-likeness (QED) is 0.608. The number of nitrogens with two attached hydrogens (primary N) is 1. The number of rotatable bonds is 4. The third-order valence-corrected chi connectivity index (χ3v) is 2.52. The Morgan fingerprint density at radius 2 is 2.19 bits per heavy atom. The molecule has 1 aromatic heterocycles. The molecule has 0 radical (unpaired) electrons. The van der Waals surface area contributed by atoms with E-state index in [9.17, 15) is 0 Å². The third kappa shape index (κ3) is 2.05. The molecule has 2 rings (SSSR count). The number of nitrogen functional groups attached to an aromatic ring is 1. The summed E-state index contributed by atoms with van der Waals surface area (Å²) in [5.74, 6) is 2.11. The van der Waals surface area contributed by atoms with Crippen molar-refractivity contribution in [3.63, 3.8) is 0 Å². The van der Waals surface area contributed by atoms with Gasteiger partial charge in [0.1, 0.15) is 11.6 Å². The molecule has 6 nitrogen and oxygen atoms in total. The van der Waals surface area contributed by atoms with Gasteiger partial charge in [-0.25, -0.2) is 4.98 Å². The molecule has 0 spiro atoms. The van der Waals surface area contributed by atoms with Gasteiger partial charge in [-0.1, -0.05) is 0 Å². The zero-order valence-electron chi connectivity index (χ0n) is 9.47. The molecule has 1 aliphatic carbocycles. The van der Waals surface area contributed by atoms with Gasteiger partial charge in [-0.05, 0) is 19.8 Å². The van der Waals surface area contributed by atoms with E-state index in [1.807, 2.05) is 6.92 Å². The van der Waals surface area contributed by atoms with E-state index in [1.54, 1.807) is 7.05 Å². The highest BCUT2D eigenvalue weighted by Crippen LogP contribution is 2.39. The molecule has 0 aromatic carbocycles. The van der Waals surface area contributed by atoms with Crippen LogP contribution >= 0.6 is 0 Å². The van der Waals surface area contributed by atoms with Crippen molar-refractivity contribution in [2.75, 3.05) is 12.8 Å². The molecule has 0 saturated heterocycles. The van der Waals surface area contributed by atoms with Gasteiger partial charge in [0.05, 0.1) is 12.6 Å². The molecule has 0 unspecified atom stereocenters. The fraction of sp³-hybridized carbons (Fsp3) is 0.500. The second kappa shape index (κ2) is 3.96. The van der Waals surface area contributed by atoms with Gasteiger partial charge in [0.2, 0.25) is 0 Å². The molecule has 0 amide bonds. The lowest BCUT2D eigenvalue weighted by Crippen LogP contribution is -2.18. The molecule has 1 aliphatic rings. The molecule has 86 valence electrons. The van der Waals surface area contributed by atoms with Gasteiger partial charge < -0.3 is 10.6 Å². The van der Waals surface area contributed by atoms with Crippen LogP contribution in [0.5, 0.6) is 5.88 Å². The Kier molecular flexibility index (Phi) is 2.64. The van der Waals surface area contributed by atoms with Gasteiger partial charge in [0.25, 0.3) is 5.88 Å². The topological polar surface area (TPSA) is 76.6 Å². The van der Waals surface area contributed by atoms with Gasteiger partial charge in [-0.15, -0.1) is 5.17 Å². The lowest BCUT2D eigenvalue weighted by Gasteiger charge is -2.15. The first-order valence-corrected chi connectivity index (χ1v) is 5.14. The average molecular weight is 221 g/mol. The summed E-state index contributed by atoms with van der Waals surface area (Å²) in [6, 6.07) is 0. The Bertz CT molecular complexity index is 416. The summed E-state index contributed by atoms with van der Waals surface area (Å²) >= 11 is 0. The summed E-state index contributed by atoms with van der Waals surface area (Å²) in [4.78, 5) is 14.0. The number of hydrazone groups is 1. The maximum Gasteiger partial charge on any atom is 0.256 e. The second-order valence-corrected chi connectivity index (χ2v) is 3.87. The predicted octanol–water partition coefficient (Wildman–Crippen LogP) is 1.09. The zero-order valence-corrected chi connectivity index (χ0v) is 9.47. The van der Waals surface area contributed by atoms with Crippen molar-refractivity contribution in [2.45, 2.75) is 25.7 Å². The number of hydrogen-bond acceptors (Lipinski definition) is 6. The summed E-state index contributed by atoms with van der Waals surface area (Å²) in [6.07, 6.45) is 2.25. The molecule has 1 heterocycles. The van der Waals surface area contributed by atoms with Crippen LogP contribution in [-0.2, 0) is 0 Å². The molecular weight excluding hydrogens is 206 g/mol. The summed E-state index contributed by atoms with van der Waals surface area (Å²) in [5.41, 5.74) is 6.53. The van der Waals surface area contributed by atoms with Crippen LogP contribution in [0, 0.1) is 6.92 Å². The Balaban J connectivity index is 2.30. The first-order valence-electron chi connectivity index (χ1n) is 5.14. The summed E-state index contributed by atoms with van der Waals surface area (Å²) in [7, 11) is 1.64. The van der Waals surface area contributed by atoms with Crippen molar-refractivity contribution in [2.24, 2.45) is 5.10 Å². The van der Waals surface area contributed by atoms with Crippen LogP contribution in [0.1, 0.15) is 30.1 Å². The molecule has 0 aliphatic heterocycles. The Morgan fingerprint density at radius 1 is 1.50 bits per heavy atom. The minimum absolute atomic E-state index is 0.437. The van der Waals surface area contributed by atoms with Gasteiger partial charge in [-0.3, -0.25) is 0 Å². The van der Waals surface area contributed by atoms with Crippen LogP contribution in [0.2, 0.25) is 0 Å². The minimum atomic E-state index is 0.437. The van der Waals surface area contributed by atoms with Crippen LogP contribution in [0.15, 0.2) is 5.10 Å². The van der Waals surface area contributed by atoms with E-state index < -0.39 is 0 Å². The predicted molar refractivity (Wildman–Crippen MR) is 61.1 cm³/mol. The maximum absolute atomic E-state index is 5.81. The molecule has 0 bridgehead atoms. The highest BCUT2D eigenvalue weighted by molar-refractivity contribution is 5.45. The molecular formula is C10H15N5O. The zero-order chi connectivity index (χ0) is 11.7. The van der Waals surface area contributed by atoms with Crippen molar-refractivity contribution in [3.05, 3.63) is 11.4 Å². The summed E-state index contributed by atoms with van der Waals surface area (Å²) < 4.78 is 0. The fourth-order valence-corrected chi connectivity index (χ4v) is 1.30. The van der Waals surface area contributed by atoms with E-state index in [0.29, 0.717) is 17.6 Å². The van der Waals surface area contributed by atoms with Crippen LogP contribution in [0.25, 0.3) is 0 Å². The van der Waals surface area contributed by atoms with Gasteiger partial charge in [0, 0.05) is 12.6 Å². The van der Waals surface area contributed by atoms with Crippen molar-refractivity contribution in [3.8, 4) is 5.88 Å². The minimum Gasteiger partial charge on any atom is -0.383 e. The highest BCUT2D eigenvalue weighted by atomic mass is 16.7. The second-order valence-electron chi connectivity index (χ2n) is 3.87. The van der Waals surface area contributed by atoms with Crippen molar-refractivity contribution in [1.82, 2.24) is 15.1 Å². The van der Waals surface area contributed by atoms with Crippen LogP contribution in [0.4, 0.5) is 5.82 Å². The Labute approximate surface area is 94.1 Å². The first kappa shape index (κ1) is 10.7. The van der Waals surface area contributed by atoms with E-state index in [0.717, 1.165) is 24.2 Å². The molecule has 16 heavy (non-hydrogen) atoms. The normalized spacial score (nSPS) is 14.6. The lowest BCUT2D eigenvalue weighted by atomic mass is 10.3. The highest BCUT2D eigenvalue weighted by Gasteiger charge is 2.28. The van der Waals surface area contributed by atoms with E-state index >= 15 is 0 Å². The molecule has 1 saturated carbocycles. The van der Waals surface area contributed by atoms with E-state index in [-0.39, 0.29) is 0 Å². The molecule has 2 N–H and O–H groups in total. The van der Waals surface area contributed by atoms with Gasteiger partial charge in [-0.2, -0.15) is 10.1 Å². The Morgan fingerprint density at radius 3 is 2.75 bits per heavy atom. The van der Waals surface area contributed by atoms with Crippen molar-refractivity contribution in [1.29, 1.82) is 0 Å². The van der Waals surface area contributed by atoms with E-state index in [4.69, 9.17) is 10.6 Å². The van der Waals surface area contributed by atoms with Gasteiger partial charge in [0.15, 0.2) is 0 Å². The standard InChI is InChI=1S/C10H15N5O/c1-6-8(11)13-9(7-4-5-7)14-10(6)16-15(3)12-2/h7H,2,4-5H2,1,3H3,(H2,11,13,14). The lowest BCUT2D eigenvalue weighted by molar-refractivity contribution is -0.0338. The number of nitrogens with zero attached hydrogens (tertiary/aromatic N) is 4. The summed E-state index contributed by atoms with van der Waals surface area (Å²) in [5, 5.41) is 4.85. The SMILES string of the molecule is C=NN(C)Oc1nc(C2CC2)nc(N)c1C. The number of anilines is 1. The Hall–Kier alpha value is -1.85. The monoisotopic (exact) mass is 221 g/mol. The third-order valence-electron chi connectivity index (χ3n) is 2.52. The van der Waals surface area contributed by atoms with Crippen LogP contribution in [-0.4, -0.2) is 28.9 Å².